The summed E-state index contributed by atoms with van der Waals surface area (Å²) in [7, 11) is 0. The molecule has 0 fully saturated rings. The number of nitrogens with zero attached hydrogens (tertiary/aromatic N) is 8. The van der Waals surface area contributed by atoms with E-state index in [1.807, 2.05) is 127 Å². The van der Waals surface area contributed by atoms with Gasteiger partial charge in [0.2, 0.25) is 11.9 Å². The molecule has 0 aliphatic heterocycles. The van der Waals surface area contributed by atoms with Crippen molar-refractivity contribution in [3.8, 4) is 113 Å². The first-order valence-corrected chi connectivity index (χ1v) is 35.5. The van der Waals surface area contributed by atoms with E-state index >= 15 is 0 Å². The predicted octanol–water partition coefficient (Wildman–Crippen LogP) is 24.7. The molecule has 6 heterocycles. The highest BCUT2D eigenvalue weighted by atomic mass is 16.3. The molecule has 21 aromatic rings. The number of para-hydroxylation sites is 3. The Morgan fingerprint density at radius 2 is 0.491 bits per heavy atom. The molecule has 6 aromatic heterocycles. The molecule has 10 heteroatoms. The first-order chi connectivity index (χ1) is 52.5. The first-order valence-electron chi connectivity index (χ1n) is 35.5. The molecule has 0 radical (unpaired) electrons. The van der Waals surface area contributed by atoms with Gasteiger partial charge in [-0.1, -0.05) is 328 Å². The van der Waals surface area contributed by atoms with E-state index in [0.29, 0.717) is 35.2 Å². The van der Waals surface area contributed by atoms with E-state index in [2.05, 4.69) is 246 Å². The van der Waals surface area contributed by atoms with Gasteiger partial charge in [-0.05, 0) is 86.5 Å². The predicted molar refractivity (Wildman–Crippen MR) is 432 cm³/mol. The van der Waals surface area contributed by atoms with Crippen LogP contribution in [0.2, 0.25) is 0 Å². The van der Waals surface area contributed by atoms with E-state index in [1.54, 1.807) is 0 Å². The maximum absolute atomic E-state index is 6.73. The minimum atomic E-state index is 0.518. The zero-order chi connectivity index (χ0) is 70.0. The van der Waals surface area contributed by atoms with Gasteiger partial charge in [-0.3, -0.25) is 9.13 Å². The topological polar surface area (TPSA) is 113 Å². The van der Waals surface area contributed by atoms with Gasteiger partial charge >= 0.3 is 0 Å². The normalized spacial score (nSPS) is 11.6. The Hall–Kier alpha value is -14.5. The highest BCUT2D eigenvalue weighted by Gasteiger charge is 2.27. The minimum absolute atomic E-state index is 0.518. The standard InChI is InChI=1S/C51H32N4O.C45H28N4O/c1-4-13-33(14-5-1)35-23-25-37(26-24-35)50-52-49(36-17-8-3-9-18-36)53-51(54-50)55-45-32-40(39-20-12-19-38(31-39)34-15-6-2-7-16-34)27-28-41(45)43-29-30-44-42-21-10-11-22-46(42)56-48(44)47(43)55;1-4-13-29(14-5-1)30-23-25-31(26-24-30)34-20-12-21-36-37-27-28-38-35-19-10-11-22-39(35)50-42(38)41(37)49(40(34)36)45-47-43(32-15-6-2-7-16-32)46-44(48-45)33-17-8-3-9-18-33/h1-32H;1-28H. The number of aromatic nitrogens is 8. The molecule has 496 valence electrons. The van der Waals surface area contributed by atoms with Crippen LogP contribution >= 0.6 is 0 Å². The van der Waals surface area contributed by atoms with Gasteiger partial charge in [0.25, 0.3) is 0 Å². The van der Waals surface area contributed by atoms with Gasteiger partial charge in [0, 0.05) is 70.9 Å². The number of furan rings is 2. The summed E-state index contributed by atoms with van der Waals surface area (Å²) in [5, 5.41) is 8.54. The smallest absolute Gasteiger partial charge is 0.238 e. The van der Waals surface area contributed by atoms with Crippen molar-refractivity contribution in [2.75, 3.05) is 0 Å². The second kappa shape index (κ2) is 25.8. The van der Waals surface area contributed by atoms with Crippen LogP contribution in [-0.2, 0) is 0 Å². The van der Waals surface area contributed by atoms with Crippen LogP contribution in [-0.4, -0.2) is 39.0 Å². The molecule has 0 saturated carbocycles. The second-order valence-corrected chi connectivity index (χ2v) is 26.5. The fourth-order valence-corrected chi connectivity index (χ4v) is 15.1. The van der Waals surface area contributed by atoms with E-state index in [9.17, 15) is 0 Å². The third-order valence-corrected chi connectivity index (χ3v) is 20.2. The quantitative estimate of drug-likeness (QED) is 0.126. The van der Waals surface area contributed by atoms with Crippen LogP contribution in [0.1, 0.15) is 0 Å². The maximum atomic E-state index is 6.73. The molecule has 0 aliphatic carbocycles. The zero-order valence-corrected chi connectivity index (χ0v) is 57.0. The molecule has 0 N–H and O–H groups in total. The van der Waals surface area contributed by atoms with Gasteiger partial charge in [0.05, 0.1) is 11.0 Å². The molecule has 0 bridgehead atoms. The summed E-state index contributed by atoms with van der Waals surface area (Å²) in [6.45, 7) is 0. The summed E-state index contributed by atoms with van der Waals surface area (Å²) in [4.78, 5) is 31.1. The number of hydrogen-bond donors (Lipinski definition) is 0. The molecule has 0 aliphatic rings. The Kier molecular flexibility index (Phi) is 15.0. The highest BCUT2D eigenvalue weighted by Crippen LogP contribution is 2.46. The van der Waals surface area contributed by atoms with Gasteiger partial charge in [0.1, 0.15) is 22.2 Å². The van der Waals surface area contributed by atoms with Crippen LogP contribution < -0.4 is 0 Å². The molecular formula is C96H60N8O2. The fraction of sp³-hybridized carbons (Fsp3) is 0. The lowest BCUT2D eigenvalue weighted by Gasteiger charge is -2.13. The average molecular weight is 1360 g/mol. The Bertz CT molecular complexity index is 6840. The largest absolute Gasteiger partial charge is 0.454 e. The summed E-state index contributed by atoms with van der Waals surface area (Å²) in [5.41, 5.74) is 22.1. The van der Waals surface area contributed by atoms with Crippen LogP contribution in [0.15, 0.2) is 373 Å². The van der Waals surface area contributed by atoms with Crippen molar-refractivity contribution in [2.24, 2.45) is 0 Å². The van der Waals surface area contributed by atoms with E-state index < -0.39 is 0 Å². The van der Waals surface area contributed by atoms with Crippen molar-refractivity contribution in [3.05, 3.63) is 364 Å². The van der Waals surface area contributed by atoms with E-state index in [0.717, 1.165) is 143 Å². The van der Waals surface area contributed by atoms with Crippen molar-refractivity contribution in [1.29, 1.82) is 0 Å². The van der Waals surface area contributed by atoms with Gasteiger partial charge in [0.15, 0.2) is 34.5 Å². The fourth-order valence-electron chi connectivity index (χ4n) is 15.1. The van der Waals surface area contributed by atoms with E-state index in [1.165, 1.54) is 22.3 Å². The number of benzene rings is 15. The lowest BCUT2D eigenvalue weighted by atomic mass is 9.98. The molecule has 106 heavy (non-hydrogen) atoms. The van der Waals surface area contributed by atoms with Crippen molar-refractivity contribution in [1.82, 2.24) is 39.0 Å². The molecule has 21 rings (SSSR count). The summed E-state index contributed by atoms with van der Waals surface area (Å²) >= 11 is 0. The Labute approximate surface area is 608 Å². The number of hydrogen-bond acceptors (Lipinski definition) is 8. The van der Waals surface area contributed by atoms with Crippen molar-refractivity contribution in [3.63, 3.8) is 0 Å². The van der Waals surface area contributed by atoms with E-state index in [4.69, 9.17) is 38.7 Å². The van der Waals surface area contributed by atoms with Crippen LogP contribution in [0.3, 0.4) is 0 Å². The molecule has 0 saturated heterocycles. The SMILES string of the molecule is c1ccc(-c2ccc(-c3cccc4c5ccc6c7ccccc7oc6c5n(-c5nc(-c6ccccc6)nc(-c6ccccc6)n5)c34)cc2)cc1.c1ccc(-c2ccc(-c3nc(-c4ccccc4)nc(-n4c5cc(-c6cccc(-c7ccccc7)c6)ccc5c5ccc6c7ccccc7oc6c54)n3)cc2)cc1. The monoisotopic (exact) mass is 1360 g/mol. The number of rotatable bonds is 11. The van der Waals surface area contributed by atoms with Gasteiger partial charge < -0.3 is 8.83 Å². The molecule has 0 unspecified atom stereocenters. The number of fused-ring (bicyclic) bond motifs is 14. The first kappa shape index (κ1) is 61.4. The van der Waals surface area contributed by atoms with Crippen LogP contribution in [0.5, 0.6) is 0 Å². The summed E-state index contributed by atoms with van der Waals surface area (Å²) in [5.74, 6) is 3.43. The van der Waals surface area contributed by atoms with Gasteiger partial charge in [-0.15, -0.1) is 0 Å². The Balaban J connectivity index is 0.000000141. The summed E-state index contributed by atoms with van der Waals surface area (Å²) in [6.07, 6.45) is 0. The van der Waals surface area contributed by atoms with Gasteiger partial charge in [-0.25, -0.2) is 9.97 Å². The van der Waals surface area contributed by atoms with Crippen molar-refractivity contribution >= 4 is 87.5 Å². The zero-order valence-electron chi connectivity index (χ0n) is 57.0. The molecule has 0 spiro atoms. The third-order valence-electron chi connectivity index (χ3n) is 20.2. The lowest BCUT2D eigenvalue weighted by Crippen LogP contribution is -2.07. The second-order valence-electron chi connectivity index (χ2n) is 26.5. The van der Waals surface area contributed by atoms with Crippen molar-refractivity contribution < 1.29 is 8.83 Å². The maximum Gasteiger partial charge on any atom is 0.238 e. The molecule has 0 amide bonds. The Morgan fingerprint density at radius 1 is 0.189 bits per heavy atom. The van der Waals surface area contributed by atoms with Gasteiger partial charge in [-0.2, -0.15) is 19.9 Å². The molecule has 0 atom stereocenters. The lowest BCUT2D eigenvalue weighted by molar-refractivity contribution is 0.670. The van der Waals surface area contributed by atoms with Crippen LogP contribution in [0.25, 0.3) is 201 Å². The van der Waals surface area contributed by atoms with Crippen LogP contribution in [0, 0.1) is 0 Å². The average Bonchev–Trinajstić information content (AvgIpc) is 1.55. The Morgan fingerprint density at radius 3 is 0.981 bits per heavy atom. The molecule has 15 aromatic carbocycles. The summed E-state index contributed by atoms with van der Waals surface area (Å²) < 4.78 is 17.8. The molecule has 10 nitrogen and oxygen atoms in total. The van der Waals surface area contributed by atoms with E-state index in [-0.39, 0.29) is 0 Å². The molecular weight excluding hydrogens is 1300 g/mol. The third kappa shape index (κ3) is 10.8. The van der Waals surface area contributed by atoms with Crippen molar-refractivity contribution in [2.45, 2.75) is 0 Å². The highest BCUT2D eigenvalue weighted by molar-refractivity contribution is 6.24. The van der Waals surface area contributed by atoms with Crippen LogP contribution in [0.4, 0.5) is 0 Å². The minimum Gasteiger partial charge on any atom is -0.454 e. The summed E-state index contributed by atoms with van der Waals surface area (Å²) in [6, 6.07) is 126.